The number of halogens is 1. The first kappa shape index (κ1) is 10.2. The minimum atomic E-state index is -0.203. The monoisotopic (exact) mass is 181 g/mol. The zero-order chi connectivity index (χ0) is 9.68. The molecule has 0 amide bonds. The molecule has 0 saturated heterocycles. The summed E-state index contributed by atoms with van der Waals surface area (Å²) in [5.74, 6) is -0.203. The van der Waals surface area contributed by atoms with Crippen LogP contribution >= 0.6 is 0 Å². The highest BCUT2D eigenvalue weighted by Crippen LogP contribution is 2.19. The molecule has 0 bridgehead atoms. The van der Waals surface area contributed by atoms with Crippen LogP contribution in [0.3, 0.4) is 0 Å². The maximum Gasteiger partial charge on any atom is 0.141 e. The lowest BCUT2D eigenvalue weighted by molar-refractivity contribution is 0.599. The van der Waals surface area contributed by atoms with E-state index in [1.807, 2.05) is 13.8 Å². The Labute approximate surface area is 79.0 Å². The van der Waals surface area contributed by atoms with Gasteiger partial charge in [0.1, 0.15) is 5.82 Å². The molecular weight excluding hydrogens is 165 g/mol. The summed E-state index contributed by atoms with van der Waals surface area (Å²) in [5.41, 5.74) is 2.20. The van der Waals surface area contributed by atoms with E-state index in [9.17, 15) is 4.39 Å². The van der Waals surface area contributed by atoms with Gasteiger partial charge < -0.3 is 0 Å². The summed E-state index contributed by atoms with van der Waals surface area (Å²) in [4.78, 5) is 4.04. The van der Waals surface area contributed by atoms with Crippen LogP contribution in [-0.4, -0.2) is 4.98 Å². The van der Waals surface area contributed by atoms with Crippen LogP contribution in [0.2, 0.25) is 0 Å². The van der Waals surface area contributed by atoms with Gasteiger partial charge in [0.15, 0.2) is 0 Å². The number of nitrogens with zero attached hydrogens (tertiary/aromatic N) is 1. The first-order valence-corrected chi connectivity index (χ1v) is 4.99. The Kier molecular flexibility index (Phi) is 3.87. The standard InChI is InChI=1S/C9H10FN.C2H6/c10-8-5-7-3-1-2-4-9(7)11-6-8;1-2/h5-6H,1-4H2;1-2H3. The molecule has 1 aliphatic carbocycles. The summed E-state index contributed by atoms with van der Waals surface area (Å²) in [6.45, 7) is 4.00. The van der Waals surface area contributed by atoms with Crippen LogP contribution in [-0.2, 0) is 12.8 Å². The summed E-state index contributed by atoms with van der Waals surface area (Å²) in [6.07, 6.45) is 5.71. The summed E-state index contributed by atoms with van der Waals surface area (Å²) >= 11 is 0. The van der Waals surface area contributed by atoms with Gasteiger partial charge >= 0.3 is 0 Å². The smallest absolute Gasteiger partial charge is 0.141 e. The molecule has 0 spiro atoms. The van der Waals surface area contributed by atoms with E-state index in [1.54, 1.807) is 6.07 Å². The predicted molar refractivity (Wildman–Crippen MR) is 52.2 cm³/mol. The van der Waals surface area contributed by atoms with Crippen LogP contribution < -0.4 is 0 Å². The van der Waals surface area contributed by atoms with Crippen molar-refractivity contribution in [3.05, 3.63) is 29.3 Å². The lowest BCUT2D eigenvalue weighted by Crippen LogP contribution is -2.05. The first-order valence-electron chi connectivity index (χ1n) is 4.99. The summed E-state index contributed by atoms with van der Waals surface area (Å²) < 4.78 is 12.6. The van der Waals surface area contributed by atoms with Gasteiger partial charge in [0.25, 0.3) is 0 Å². The molecule has 2 heteroatoms. The van der Waals surface area contributed by atoms with Crippen LogP contribution in [0.5, 0.6) is 0 Å². The van der Waals surface area contributed by atoms with Crippen LogP contribution in [0.15, 0.2) is 12.3 Å². The number of aryl methyl sites for hydroxylation is 2. The molecule has 1 aromatic rings. The van der Waals surface area contributed by atoms with E-state index in [-0.39, 0.29) is 5.82 Å². The van der Waals surface area contributed by atoms with Crippen molar-refractivity contribution in [2.45, 2.75) is 39.5 Å². The van der Waals surface area contributed by atoms with Crippen molar-refractivity contribution in [1.29, 1.82) is 0 Å². The molecule has 13 heavy (non-hydrogen) atoms. The maximum absolute atomic E-state index is 12.6. The normalized spacial score (nSPS) is 14.1. The topological polar surface area (TPSA) is 12.9 Å². The van der Waals surface area contributed by atoms with Gasteiger partial charge in [-0.1, -0.05) is 13.8 Å². The Morgan fingerprint density at radius 2 is 1.92 bits per heavy atom. The lowest BCUT2D eigenvalue weighted by Gasteiger charge is -2.13. The molecule has 1 heterocycles. The molecule has 0 radical (unpaired) electrons. The molecule has 0 aromatic carbocycles. The highest BCUT2D eigenvalue weighted by molar-refractivity contribution is 5.22. The predicted octanol–water partition coefficient (Wildman–Crippen LogP) is 3.13. The van der Waals surface area contributed by atoms with E-state index in [2.05, 4.69) is 4.98 Å². The minimum absolute atomic E-state index is 0.203. The number of rotatable bonds is 0. The van der Waals surface area contributed by atoms with Crippen molar-refractivity contribution < 1.29 is 4.39 Å². The summed E-state index contributed by atoms with van der Waals surface area (Å²) in [5, 5.41) is 0. The molecular formula is C11H16FN. The van der Waals surface area contributed by atoms with Crippen molar-refractivity contribution in [3.8, 4) is 0 Å². The molecule has 0 atom stereocenters. The number of fused-ring (bicyclic) bond motifs is 1. The zero-order valence-electron chi connectivity index (χ0n) is 8.31. The zero-order valence-corrected chi connectivity index (χ0v) is 8.31. The molecule has 0 unspecified atom stereocenters. The largest absolute Gasteiger partial charge is 0.258 e. The van der Waals surface area contributed by atoms with E-state index in [0.717, 1.165) is 24.1 Å². The maximum atomic E-state index is 12.6. The Hall–Kier alpha value is -0.920. The van der Waals surface area contributed by atoms with Gasteiger partial charge in [-0.05, 0) is 37.3 Å². The Bertz CT molecular complexity index is 271. The number of aromatic nitrogens is 1. The Morgan fingerprint density at radius 1 is 1.23 bits per heavy atom. The third-order valence-electron chi connectivity index (χ3n) is 2.14. The Balaban J connectivity index is 0.000000396. The van der Waals surface area contributed by atoms with Crippen LogP contribution in [0, 0.1) is 5.82 Å². The minimum Gasteiger partial charge on any atom is -0.258 e. The quantitative estimate of drug-likeness (QED) is 0.599. The molecule has 0 fully saturated rings. The fourth-order valence-corrected chi connectivity index (χ4v) is 1.56. The molecule has 0 N–H and O–H groups in total. The number of hydrogen-bond donors (Lipinski definition) is 0. The highest BCUT2D eigenvalue weighted by atomic mass is 19.1. The van der Waals surface area contributed by atoms with Gasteiger partial charge in [-0.3, -0.25) is 4.98 Å². The van der Waals surface area contributed by atoms with Gasteiger partial charge in [-0.2, -0.15) is 0 Å². The molecule has 1 nitrogen and oxygen atoms in total. The second-order valence-electron chi connectivity index (χ2n) is 2.97. The summed E-state index contributed by atoms with van der Waals surface area (Å²) in [7, 11) is 0. The lowest BCUT2D eigenvalue weighted by atomic mass is 9.96. The van der Waals surface area contributed by atoms with E-state index in [0.29, 0.717) is 0 Å². The van der Waals surface area contributed by atoms with Crippen molar-refractivity contribution >= 4 is 0 Å². The molecule has 1 aromatic heterocycles. The third kappa shape index (κ3) is 2.51. The van der Waals surface area contributed by atoms with Crippen molar-refractivity contribution in [2.75, 3.05) is 0 Å². The van der Waals surface area contributed by atoms with E-state index in [1.165, 1.54) is 19.0 Å². The van der Waals surface area contributed by atoms with Crippen molar-refractivity contribution in [2.24, 2.45) is 0 Å². The molecule has 0 aliphatic heterocycles. The summed E-state index contributed by atoms with van der Waals surface area (Å²) in [6, 6.07) is 1.61. The highest BCUT2D eigenvalue weighted by Gasteiger charge is 2.10. The van der Waals surface area contributed by atoms with Crippen LogP contribution in [0.1, 0.15) is 37.9 Å². The van der Waals surface area contributed by atoms with Crippen LogP contribution in [0.25, 0.3) is 0 Å². The van der Waals surface area contributed by atoms with E-state index < -0.39 is 0 Å². The van der Waals surface area contributed by atoms with Crippen molar-refractivity contribution in [3.63, 3.8) is 0 Å². The van der Waals surface area contributed by atoms with Gasteiger partial charge in [-0.15, -0.1) is 0 Å². The second kappa shape index (κ2) is 4.95. The number of pyridine rings is 1. The van der Waals surface area contributed by atoms with Gasteiger partial charge in [-0.25, -0.2) is 4.39 Å². The molecule has 0 saturated carbocycles. The van der Waals surface area contributed by atoms with Gasteiger partial charge in [0.05, 0.1) is 6.20 Å². The van der Waals surface area contributed by atoms with Crippen LogP contribution in [0.4, 0.5) is 4.39 Å². The third-order valence-corrected chi connectivity index (χ3v) is 2.14. The van der Waals surface area contributed by atoms with E-state index >= 15 is 0 Å². The van der Waals surface area contributed by atoms with E-state index in [4.69, 9.17) is 0 Å². The Morgan fingerprint density at radius 3 is 2.69 bits per heavy atom. The van der Waals surface area contributed by atoms with Crippen molar-refractivity contribution in [1.82, 2.24) is 4.98 Å². The van der Waals surface area contributed by atoms with Gasteiger partial charge in [0.2, 0.25) is 0 Å². The number of hydrogen-bond acceptors (Lipinski definition) is 1. The SMILES string of the molecule is CC.Fc1cnc2c(c1)CCCC2. The second-order valence-corrected chi connectivity index (χ2v) is 2.97. The van der Waals surface area contributed by atoms with Gasteiger partial charge in [0, 0.05) is 5.69 Å². The molecule has 2 rings (SSSR count). The first-order chi connectivity index (χ1) is 6.36. The average Bonchev–Trinajstić information content (AvgIpc) is 2.21. The molecule has 1 aliphatic rings. The fourth-order valence-electron chi connectivity index (χ4n) is 1.56. The fraction of sp³-hybridized carbons (Fsp3) is 0.545. The average molecular weight is 181 g/mol. The molecule has 72 valence electrons.